The summed E-state index contributed by atoms with van der Waals surface area (Å²) in [4.78, 5) is 55.5. The van der Waals surface area contributed by atoms with Crippen molar-refractivity contribution in [2.24, 2.45) is 17.8 Å². The van der Waals surface area contributed by atoms with E-state index in [1.165, 1.54) is 11.0 Å². The zero-order chi connectivity index (χ0) is 27.4. The lowest BCUT2D eigenvalue weighted by Gasteiger charge is -2.42. The Bertz CT molecular complexity index is 1510. The second-order valence-corrected chi connectivity index (χ2v) is 10.6. The van der Waals surface area contributed by atoms with Gasteiger partial charge in [-0.3, -0.25) is 24.1 Å². The molecule has 1 fully saturated rings. The molecule has 4 aliphatic rings. The summed E-state index contributed by atoms with van der Waals surface area (Å²) in [6, 6.07) is 14.5. The molecule has 0 saturated carbocycles. The number of Topliss-reactive ketones (excluding diaryl/α,β-unsaturated/α-hetero) is 1. The molecule has 1 aliphatic heterocycles. The van der Waals surface area contributed by atoms with Crippen LogP contribution in [-0.4, -0.2) is 40.0 Å². The summed E-state index contributed by atoms with van der Waals surface area (Å²) in [6.45, 7) is 3.98. The molecule has 0 bridgehead atoms. The normalized spacial score (nSPS) is 26.2. The van der Waals surface area contributed by atoms with Crippen LogP contribution in [0.5, 0.6) is 11.5 Å². The van der Waals surface area contributed by atoms with E-state index >= 15 is 0 Å². The number of carbonyl (C=O) groups excluding carboxylic acids is 4. The molecule has 4 atom stereocenters. The van der Waals surface area contributed by atoms with Crippen molar-refractivity contribution in [1.29, 1.82) is 0 Å². The standard InChI is InChI=1S/C32H29NO6/c1-3-39-25-11-7-10-20(30(25)36)26-19-12-13-21-27(22(19)15-23-24(34)14-17(2)29(35)28(23)26)32(38)33(31(21)37)16-18-8-5-4-6-9-18/h4-12,14,21-22,26-27,36H,3,13,15-16H2,1-2H3. The third-order valence-corrected chi connectivity index (χ3v) is 8.48. The molecule has 198 valence electrons. The van der Waals surface area contributed by atoms with Crippen LogP contribution in [-0.2, 0) is 25.7 Å². The number of rotatable bonds is 5. The number of phenols is 1. The Morgan fingerprint density at radius 2 is 1.74 bits per heavy atom. The number of likely N-dealkylation sites (tertiary alicyclic amines) is 1. The number of aromatic hydroxyl groups is 1. The molecule has 1 N–H and O–H groups in total. The van der Waals surface area contributed by atoms with Gasteiger partial charge in [0.05, 0.1) is 25.0 Å². The van der Waals surface area contributed by atoms with Gasteiger partial charge in [-0.2, -0.15) is 0 Å². The fraction of sp³-hybridized carbons (Fsp3) is 0.312. The lowest BCUT2D eigenvalue weighted by Crippen LogP contribution is -2.39. The molecule has 2 aromatic rings. The summed E-state index contributed by atoms with van der Waals surface area (Å²) < 4.78 is 5.63. The maximum atomic E-state index is 13.8. The average molecular weight is 524 g/mol. The number of amides is 2. The molecule has 39 heavy (non-hydrogen) atoms. The SMILES string of the molecule is CCOc1cccc(C2C3=CCC4C(=O)N(Cc5ccccc5)C(=O)C4C3CC3=C2C(=O)C(C)=CC3=O)c1O. The first-order valence-corrected chi connectivity index (χ1v) is 13.4. The minimum absolute atomic E-state index is 0.0909. The maximum absolute atomic E-state index is 13.8. The Hall–Kier alpha value is -4.26. The Morgan fingerprint density at radius 1 is 0.974 bits per heavy atom. The second kappa shape index (κ2) is 9.49. The predicted molar refractivity (Wildman–Crippen MR) is 143 cm³/mol. The molecule has 7 heteroatoms. The topological polar surface area (TPSA) is 101 Å². The third kappa shape index (κ3) is 3.87. The van der Waals surface area contributed by atoms with Gasteiger partial charge in [-0.25, -0.2) is 0 Å². The van der Waals surface area contributed by atoms with E-state index in [2.05, 4.69) is 0 Å². The third-order valence-electron chi connectivity index (χ3n) is 8.48. The second-order valence-electron chi connectivity index (χ2n) is 10.6. The number of hydrogen-bond acceptors (Lipinski definition) is 6. The van der Waals surface area contributed by atoms with Crippen LogP contribution >= 0.6 is 0 Å². The largest absolute Gasteiger partial charge is 0.504 e. The average Bonchev–Trinajstić information content (AvgIpc) is 3.17. The van der Waals surface area contributed by atoms with Gasteiger partial charge < -0.3 is 9.84 Å². The van der Waals surface area contributed by atoms with E-state index in [1.807, 2.05) is 43.3 Å². The number of benzene rings is 2. The lowest BCUT2D eigenvalue weighted by atomic mass is 9.59. The van der Waals surface area contributed by atoms with Crippen LogP contribution in [0.15, 0.2) is 83.0 Å². The molecule has 2 aromatic carbocycles. The predicted octanol–water partition coefficient (Wildman–Crippen LogP) is 4.42. The van der Waals surface area contributed by atoms with Crippen LogP contribution in [0.25, 0.3) is 0 Å². The number of imide groups is 1. The van der Waals surface area contributed by atoms with E-state index in [0.29, 0.717) is 35.3 Å². The van der Waals surface area contributed by atoms with Crippen LogP contribution in [0.2, 0.25) is 0 Å². The van der Waals surface area contributed by atoms with E-state index in [4.69, 9.17) is 4.74 Å². The summed E-state index contributed by atoms with van der Waals surface area (Å²) in [5.41, 5.74) is 3.18. The Balaban J connectivity index is 1.46. The number of nitrogens with zero attached hydrogens (tertiary/aromatic N) is 1. The van der Waals surface area contributed by atoms with Crippen LogP contribution in [0.4, 0.5) is 0 Å². The molecule has 3 aliphatic carbocycles. The Morgan fingerprint density at radius 3 is 2.49 bits per heavy atom. The molecule has 0 radical (unpaired) electrons. The molecule has 7 nitrogen and oxygen atoms in total. The zero-order valence-electron chi connectivity index (χ0n) is 21.8. The summed E-state index contributed by atoms with van der Waals surface area (Å²) >= 11 is 0. The van der Waals surface area contributed by atoms with E-state index in [0.717, 1.165) is 11.1 Å². The van der Waals surface area contributed by atoms with Crippen molar-refractivity contribution < 1.29 is 29.0 Å². The van der Waals surface area contributed by atoms with Crippen LogP contribution in [0, 0.1) is 17.8 Å². The highest BCUT2D eigenvalue weighted by atomic mass is 16.5. The monoisotopic (exact) mass is 523 g/mol. The molecule has 2 amide bonds. The minimum atomic E-state index is -0.716. The quantitative estimate of drug-likeness (QED) is 0.354. The van der Waals surface area contributed by atoms with Crippen molar-refractivity contribution in [3.63, 3.8) is 0 Å². The van der Waals surface area contributed by atoms with E-state index < -0.39 is 23.7 Å². The maximum Gasteiger partial charge on any atom is 0.234 e. The number of carbonyl (C=O) groups is 4. The fourth-order valence-electron chi connectivity index (χ4n) is 6.75. The van der Waals surface area contributed by atoms with Crippen LogP contribution < -0.4 is 4.74 Å². The van der Waals surface area contributed by atoms with Crippen molar-refractivity contribution in [2.45, 2.75) is 39.2 Å². The number of fused-ring (bicyclic) bond motifs is 3. The van der Waals surface area contributed by atoms with E-state index in [1.54, 1.807) is 25.1 Å². The molecule has 4 unspecified atom stereocenters. The van der Waals surface area contributed by atoms with E-state index in [9.17, 15) is 24.3 Å². The molecule has 0 spiro atoms. The first-order chi connectivity index (χ1) is 18.8. The summed E-state index contributed by atoms with van der Waals surface area (Å²) in [5.74, 6) is -3.07. The van der Waals surface area contributed by atoms with Gasteiger partial charge in [0.25, 0.3) is 0 Å². The van der Waals surface area contributed by atoms with Gasteiger partial charge in [-0.15, -0.1) is 0 Å². The number of hydrogen-bond donors (Lipinski definition) is 1. The molecule has 6 rings (SSSR count). The van der Waals surface area contributed by atoms with Crippen LogP contribution in [0.1, 0.15) is 43.7 Å². The Kier molecular flexibility index (Phi) is 6.09. The summed E-state index contributed by atoms with van der Waals surface area (Å²) in [7, 11) is 0. The number of ketones is 2. The molecular weight excluding hydrogens is 494 g/mol. The van der Waals surface area contributed by atoms with Gasteiger partial charge in [0.2, 0.25) is 11.8 Å². The highest BCUT2D eigenvalue weighted by molar-refractivity contribution is 6.24. The van der Waals surface area contributed by atoms with Gasteiger partial charge >= 0.3 is 0 Å². The molecule has 0 aromatic heterocycles. The summed E-state index contributed by atoms with van der Waals surface area (Å²) in [5, 5.41) is 11.2. The number of para-hydroxylation sites is 1. The van der Waals surface area contributed by atoms with Gasteiger partial charge in [-0.05, 0) is 50.3 Å². The Labute approximate surface area is 226 Å². The zero-order valence-corrected chi connectivity index (χ0v) is 21.8. The van der Waals surface area contributed by atoms with Gasteiger partial charge in [0.15, 0.2) is 23.1 Å². The lowest BCUT2D eigenvalue weighted by molar-refractivity contribution is -0.140. The van der Waals surface area contributed by atoms with Crippen molar-refractivity contribution >= 4 is 23.4 Å². The molecular formula is C32H29NO6. The number of phenolic OH excluding ortho intramolecular Hbond substituents is 1. The number of ether oxygens (including phenoxy) is 1. The van der Waals surface area contributed by atoms with Crippen molar-refractivity contribution in [3.8, 4) is 11.5 Å². The van der Waals surface area contributed by atoms with Gasteiger partial charge in [0.1, 0.15) is 0 Å². The smallest absolute Gasteiger partial charge is 0.234 e. The highest BCUT2D eigenvalue weighted by Gasteiger charge is 2.56. The summed E-state index contributed by atoms with van der Waals surface area (Å²) in [6.07, 6.45) is 3.87. The molecule has 1 saturated heterocycles. The minimum Gasteiger partial charge on any atom is -0.504 e. The van der Waals surface area contributed by atoms with Gasteiger partial charge in [0, 0.05) is 28.2 Å². The van der Waals surface area contributed by atoms with Crippen molar-refractivity contribution in [1.82, 2.24) is 4.90 Å². The fourth-order valence-corrected chi connectivity index (χ4v) is 6.75. The first-order valence-electron chi connectivity index (χ1n) is 13.4. The highest BCUT2D eigenvalue weighted by Crippen LogP contribution is 2.56. The number of allylic oxidation sites excluding steroid dienone is 6. The van der Waals surface area contributed by atoms with Crippen molar-refractivity contribution in [3.05, 3.63) is 94.1 Å². The van der Waals surface area contributed by atoms with Gasteiger partial charge in [-0.1, -0.05) is 54.1 Å². The van der Waals surface area contributed by atoms with E-state index in [-0.39, 0.29) is 47.8 Å². The molecule has 1 heterocycles. The first kappa shape index (κ1) is 25.0. The van der Waals surface area contributed by atoms with Crippen LogP contribution in [0.3, 0.4) is 0 Å². The van der Waals surface area contributed by atoms with Crippen molar-refractivity contribution in [2.75, 3.05) is 6.61 Å².